The van der Waals surface area contributed by atoms with Gasteiger partial charge in [0, 0.05) is 18.2 Å². The van der Waals surface area contributed by atoms with Gasteiger partial charge in [0.25, 0.3) is 0 Å². The minimum atomic E-state index is -0.341. The normalized spacial score (nSPS) is 24.3. The molecule has 5 heteroatoms. The van der Waals surface area contributed by atoms with Gasteiger partial charge in [-0.05, 0) is 13.3 Å². The molecule has 1 heterocycles. The van der Waals surface area contributed by atoms with Gasteiger partial charge in [-0.2, -0.15) is 0 Å². The van der Waals surface area contributed by atoms with Crippen LogP contribution in [0.1, 0.15) is 13.3 Å². The van der Waals surface area contributed by atoms with Gasteiger partial charge in [0.15, 0.2) is 0 Å². The van der Waals surface area contributed by atoms with Gasteiger partial charge >= 0.3 is 0 Å². The molecule has 0 spiro atoms. The zero-order chi connectivity index (χ0) is 9.68. The third-order valence-corrected chi connectivity index (χ3v) is 2.83. The van der Waals surface area contributed by atoms with E-state index in [1.54, 1.807) is 18.7 Å². The van der Waals surface area contributed by atoms with E-state index in [0.717, 1.165) is 11.6 Å². The minimum Gasteiger partial charge on any atom is -0.393 e. The largest absolute Gasteiger partial charge is 0.393 e. The van der Waals surface area contributed by atoms with E-state index in [-0.39, 0.29) is 18.1 Å². The van der Waals surface area contributed by atoms with E-state index in [0.29, 0.717) is 13.0 Å². The van der Waals surface area contributed by atoms with E-state index in [1.807, 2.05) is 0 Å². The fraction of sp³-hybridized carbons (Fsp3) is 0.875. The average Bonchev–Trinajstić information content (AvgIpc) is 2.55. The Labute approximate surface area is 82.5 Å². The van der Waals surface area contributed by atoms with Crippen LogP contribution in [0.4, 0.5) is 0 Å². The van der Waals surface area contributed by atoms with Crippen molar-refractivity contribution in [3.63, 3.8) is 0 Å². The molecule has 4 nitrogen and oxygen atoms in total. The second-order valence-electron chi connectivity index (χ2n) is 3.20. The van der Waals surface area contributed by atoms with Gasteiger partial charge in [0.2, 0.25) is 5.91 Å². The van der Waals surface area contributed by atoms with Crippen molar-refractivity contribution in [1.29, 1.82) is 0 Å². The average molecular weight is 204 g/mol. The maximum atomic E-state index is 11.4. The molecule has 1 aliphatic heterocycles. The highest BCUT2D eigenvalue weighted by atomic mass is 32.2. The predicted octanol–water partition coefficient (Wildman–Crippen LogP) is -0.464. The van der Waals surface area contributed by atoms with Crippen LogP contribution in [0, 0.1) is 0 Å². The maximum absolute atomic E-state index is 11.4. The molecule has 3 N–H and O–H groups in total. The molecule has 76 valence electrons. The van der Waals surface area contributed by atoms with Crippen LogP contribution in [0.3, 0.4) is 0 Å². The summed E-state index contributed by atoms with van der Waals surface area (Å²) in [5, 5.41) is 14.8. The summed E-state index contributed by atoms with van der Waals surface area (Å²) in [7, 11) is 0. The van der Waals surface area contributed by atoms with Crippen LogP contribution in [0.25, 0.3) is 0 Å². The van der Waals surface area contributed by atoms with Crippen molar-refractivity contribution in [3.8, 4) is 0 Å². The Hall–Kier alpha value is -0.260. The molecule has 0 aromatic carbocycles. The quantitative estimate of drug-likeness (QED) is 0.580. The standard InChI is InChI=1S/C8H16N2O2S/c1-6(11)2-3-9-8(12)7-4-13-5-10-7/h6-7,10-11H,2-5H2,1H3,(H,9,12)/t6?,7-/m1/s1. The van der Waals surface area contributed by atoms with Crippen LogP contribution >= 0.6 is 11.8 Å². The molecule has 0 aromatic heterocycles. The second kappa shape index (κ2) is 5.47. The molecule has 0 bridgehead atoms. The van der Waals surface area contributed by atoms with Gasteiger partial charge in [0.1, 0.15) is 0 Å². The first-order valence-corrected chi connectivity index (χ1v) is 5.62. The zero-order valence-corrected chi connectivity index (χ0v) is 8.56. The third-order valence-electron chi connectivity index (χ3n) is 1.89. The van der Waals surface area contributed by atoms with Crippen molar-refractivity contribution in [2.45, 2.75) is 25.5 Å². The Balaban J connectivity index is 2.10. The molecule has 0 radical (unpaired) electrons. The van der Waals surface area contributed by atoms with Gasteiger partial charge in [-0.1, -0.05) is 0 Å². The molecule has 0 aliphatic carbocycles. The molecular weight excluding hydrogens is 188 g/mol. The highest BCUT2D eigenvalue weighted by Gasteiger charge is 2.21. The van der Waals surface area contributed by atoms with Crippen molar-refractivity contribution >= 4 is 17.7 Å². The number of hydrogen-bond donors (Lipinski definition) is 3. The highest BCUT2D eigenvalue weighted by molar-refractivity contribution is 7.99. The van der Waals surface area contributed by atoms with Gasteiger partial charge in [-0.15, -0.1) is 11.8 Å². The first-order valence-electron chi connectivity index (χ1n) is 4.47. The molecular formula is C8H16N2O2S. The molecule has 2 atom stereocenters. The molecule has 1 fully saturated rings. The second-order valence-corrected chi connectivity index (χ2v) is 4.23. The summed E-state index contributed by atoms with van der Waals surface area (Å²) in [6.07, 6.45) is 0.275. The number of rotatable bonds is 4. The van der Waals surface area contributed by atoms with E-state index in [2.05, 4.69) is 10.6 Å². The van der Waals surface area contributed by atoms with E-state index >= 15 is 0 Å². The number of nitrogens with one attached hydrogen (secondary N) is 2. The summed E-state index contributed by atoms with van der Waals surface area (Å²) in [5.41, 5.74) is 0. The Morgan fingerprint density at radius 1 is 1.85 bits per heavy atom. The fourth-order valence-corrected chi connectivity index (χ4v) is 2.03. The number of thioether (sulfide) groups is 1. The summed E-state index contributed by atoms with van der Waals surface area (Å²) < 4.78 is 0. The predicted molar refractivity (Wildman–Crippen MR) is 53.6 cm³/mol. The van der Waals surface area contributed by atoms with E-state index in [1.165, 1.54) is 0 Å². The Morgan fingerprint density at radius 2 is 2.62 bits per heavy atom. The van der Waals surface area contributed by atoms with Crippen molar-refractivity contribution in [1.82, 2.24) is 10.6 Å². The summed E-state index contributed by atoms with van der Waals surface area (Å²) >= 11 is 1.73. The molecule has 0 aromatic rings. The first-order chi connectivity index (χ1) is 6.20. The smallest absolute Gasteiger partial charge is 0.238 e. The lowest BCUT2D eigenvalue weighted by Gasteiger charge is -2.10. The van der Waals surface area contributed by atoms with E-state index < -0.39 is 0 Å². The fourth-order valence-electron chi connectivity index (χ4n) is 1.09. The molecule has 1 unspecified atom stereocenters. The summed E-state index contributed by atoms with van der Waals surface area (Å²) in [5.74, 6) is 1.75. The summed E-state index contributed by atoms with van der Waals surface area (Å²) in [4.78, 5) is 11.4. The zero-order valence-electron chi connectivity index (χ0n) is 7.75. The monoisotopic (exact) mass is 204 g/mol. The number of carbonyl (C=O) groups is 1. The summed E-state index contributed by atoms with van der Waals surface area (Å²) in [6, 6.07) is -0.0426. The number of carbonyl (C=O) groups excluding carboxylic acids is 1. The minimum absolute atomic E-state index is 0.0426. The van der Waals surface area contributed by atoms with Gasteiger partial charge in [-0.25, -0.2) is 0 Å². The topological polar surface area (TPSA) is 61.4 Å². The van der Waals surface area contributed by atoms with Crippen LogP contribution in [0.15, 0.2) is 0 Å². The van der Waals surface area contributed by atoms with Crippen LogP contribution in [0.2, 0.25) is 0 Å². The van der Waals surface area contributed by atoms with Gasteiger partial charge in [-0.3, -0.25) is 10.1 Å². The number of aliphatic hydroxyl groups excluding tert-OH is 1. The Kier molecular flexibility index (Phi) is 4.55. The maximum Gasteiger partial charge on any atom is 0.238 e. The highest BCUT2D eigenvalue weighted by Crippen LogP contribution is 2.09. The van der Waals surface area contributed by atoms with Crippen molar-refractivity contribution in [2.24, 2.45) is 0 Å². The van der Waals surface area contributed by atoms with Gasteiger partial charge in [0.05, 0.1) is 12.1 Å². The van der Waals surface area contributed by atoms with Crippen molar-refractivity contribution in [3.05, 3.63) is 0 Å². The first kappa shape index (κ1) is 10.8. The van der Waals surface area contributed by atoms with Gasteiger partial charge < -0.3 is 10.4 Å². The SMILES string of the molecule is CC(O)CCNC(=O)[C@H]1CSCN1. The van der Waals surface area contributed by atoms with E-state index in [4.69, 9.17) is 5.11 Å². The van der Waals surface area contributed by atoms with Crippen LogP contribution in [0.5, 0.6) is 0 Å². The summed E-state index contributed by atoms with van der Waals surface area (Å²) in [6.45, 7) is 2.27. The van der Waals surface area contributed by atoms with Crippen LogP contribution < -0.4 is 10.6 Å². The Morgan fingerprint density at radius 3 is 3.15 bits per heavy atom. The molecule has 0 saturated carbocycles. The molecule has 1 amide bonds. The lowest BCUT2D eigenvalue weighted by atomic mass is 10.2. The Bertz CT molecular complexity index is 170. The molecule has 1 saturated heterocycles. The molecule has 13 heavy (non-hydrogen) atoms. The van der Waals surface area contributed by atoms with Crippen LogP contribution in [-0.2, 0) is 4.79 Å². The van der Waals surface area contributed by atoms with Crippen LogP contribution in [-0.4, -0.2) is 41.3 Å². The van der Waals surface area contributed by atoms with Crippen molar-refractivity contribution < 1.29 is 9.90 Å². The van der Waals surface area contributed by atoms with Crippen molar-refractivity contribution in [2.75, 3.05) is 18.2 Å². The lowest BCUT2D eigenvalue weighted by Crippen LogP contribution is -2.42. The number of aliphatic hydroxyl groups is 1. The molecule has 1 rings (SSSR count). The number of amides is 1. The molecule has 1 aliphatic rings. The lowest BCUT2D eigenvalue weighted by molar-refractivity contribution is -0.122. The third kappa shape index (κ3) is 3.97. The van der Waals surface area contributed by atoms with E-state index in [9.17, 15) is 4.79 Å². The number of hydrogen-bond acceptors (Lipinski definition) is 4.